The van der Waals surface area contributed by atoms with Gasteiger partial charge in [-0.05, 0) is 42.7 Å². The summed E-state index contributed by atoms with van der Waals surface area (Å²) < 4.78 is 1.74. The number of carbonyl (C=O) groups excluding carboxylic acids is 1. The molecule has 1 aliphatic carbocycles. The molecule has 3 unspecified atom stereocenters. The van der Waals surface area contributed by atoms with Crippen LogP contribution in [-0.2, 0) is 9.63 Å². The monoisotopic (exact) mass is 366 g/mol. The molecule has 1 aliphatic heterocycles. The van der Waals surface area contributed by atoms with Crippen LogP contribution < -0.4 is 5.32 Å². The van der Waals surface area contributed by atoms with Crippen molar-refractivity contribution in [1.29, 1.82) is 0 Å². The van der Waals surface area contributed by atoms with Gasteiger partial charge in [-0.25, -0.2) is 4.68 Å². The second kappa shape index (κ2) is 6.83. The van der Waals surface area contributed by atoms with Crippen molar-refractivity contribution in [3.63, 3.8) is 0 Å². The molecule has 0 bridgehead atoms. The van der Waals surface area contributed by atoms with E-state index in [1.165, 1.54) is 0 Å². The molecule has 2 heterocycles. The molecule has 1 fully saturated rings. The summed E-state index contributed by atoms with van der Waals surface area (Å²) in [7, 11) is 0. The number of nitrogens with one attached hydrogen (secondary N) is 1. The second-order valence-corrected chi connectivity index (χ2v) is 8.57. The largest absolute Gasteiger partial charge is 0.391 e. The Bertz CT molecular complexity index is 851. The number of amides is 1. The van der Waals surface area contributed by atoms with E-state index in [1.807, 2.05) is 30.3 Å². The van der Waals surface area contributed by atoms with Crippen molar-refractivity contribution in [1.82, 2.24) is 9.78 Å². The van der Waals surface area contributed by atoms with E-state index in [-0.39, 0.29) is 23.3 Å². The van der Waals surface area contributed by atoms with Crippen molar-refractivity contribution in [2.45, 2.75) is 46.1 Å². The molecular weight excluding hydrogens is 340 g/mol. The van der Waals surface area contributed by atoms with Crippen LogP contribution in [0.2, 0.25) is 0 Å². The standard InChI is InChI=1S/C21H26N4O2/c1-21(2,3)14-9-10-18-17(11-14)19(24-27-18)20(26)23-15-12-22-25(13-15)16-7-5-4-6-8-16/h4-8,12-14,17-18H,9-11H2,1-3H3,(H,23,26). The lowest BCUT2D eigenvalue weighted by Gasteiger charge is -2.38. The Morgan fingerprint density at radius 2 is 2.00 bits per heavy atom. The van der Waals surface area contributed by atoms with Gasteiger partial charge in [-0.1, -0.05) is 44.1 Å². The Labute approximate surface area is 159 Å². The van der Waals surface area contributed by atoms with Crippen molar-refractivity contribution < 1.29 is 9.63 Å². The maximum absolute atomic E-state index is 12.8. The highest BCUT2D eigenvalue weighted by Crippen LogP contribution is 2.43. The predicted molar refractivity (Wildman–Crippen MR) is 105 cm³/mol. The van der Waals surface area contributed by atoms with Crippen LogP contribution in [0.1, 0.15) is 40.0 Å². The first-order valence-corrected chi connectivity index (χ1v) is 9.57. The number of nitrogens with zero attached hydrogens (tertiary/aromatic N) is 3. The Hall–Kier alpha value is -2.63. The first-order chi connectivity index (χ1) is 12.9. The molecule has 0 radical (unpaired) electrons. The van der Waals surface area contributed by atoms with Crippen LogP contribution in [0.15, 0.2) is 47.9 Å². The summed E-state index contributed by atoms with van der Waals surface area (Å²) in [6, 6.07) is 9.79. The van der Waals surface area contributed by atoms with E-state index < -0.39 is 0 Å². The Morgan fingerprint density at radius 3 is 2.74 bits per heavy atom. The number of anilines is 1. The lowest BCUT2D eigenvalue weighted by molar-refractivity contribution is -0.110. The molecule has 0 spiro atoms. The third kappa shape index (κ3) is 3.61. The van der Waals surface area contributed by atoms with Crippen LogP contribution in [0.3, 0.4) is 0 Å². The van der Waals surface area contributed by atoms with Crippen molar-refractivity contribution >= 4 is 17.3 Å². The topological polar surface area (TPSA) is 68.5 Å². The van der Waals surface area contributed by atoms with Crippen LogP contribution in [0, 0.1) is 17.3 Å². The summed E-state index contributed by atoms with van der Waals surface area (Å²) in [5.74, 6) is 0.455. The van der Waals surface area contributed by atoms with Gasteiger partial charge in [0.25, 0.3) is 5.91 Å². The number of aromatic nitrogens is 2. The first-order valence-electron chi connectivity index (χ1n) is 9.57. The van der Waals surface area contributed by atoms with E-state index in [0.717, 1.165) is 24.9 Å². The summed E-state index contributed by atoms with van der Waals surface area (Å²) in [6.45, 7) is 6.80. The Kier molecular flexibility index (Phi) is 4.50. The number of oxime groups is 1. The minimum absolute atomic E-state index is 0.0383. The minimum atomic E-state index is -0.190. The summed E-state index contributed by atoms with van der Waals surface area (Å²) >= 11 is 0. The number of carbonyl (C=O) groups is 1. The number of hydrogen-bond acceptors (Lipinski definition) is 4. The van der Waals surface area contributed by atoms with Crippen molar-refractivity contribution in [2.24, 2.45) is 22.4 Å². The number of fused-ring (bicyclic) bond motifs is 1. The molecule has 1 N–H and O–H groups in total. The van der Waals surface area contributed by atoms with E-state index in [1.54, 1.807) is 17.1 Å². The molecule has 2 aliphatic rings. The molecule has 0 saturated heterocycles. The number of rotatable bonds is 3. The molecule has 6 heteroatoms. The third-order valence-corrected chi connectivity index (χ3v) is 5.74. The Balaban J connectivity index is 1.45. The minimum Gasteiger partial charge on any atom is -0.391 e. The van der Waals surface area contributed by atoms with Crippen LogP contribution in [0.5, 0.6) is 0 Å². The van der Waals surface area contributed by atoms with Crippen LogP contribution in [0.25, 0.3) is 5.69 Å². The summed E-state index contributed by atoms with van der Waals surface area (Å²) in [4.78, 5) is 18.4. The molecular formula is C21H26N4O2. The quantitative estimate of drug-likeness (QED) is 0.892. The van der Waals surface area contributed by atoms with Gasteiger partial charge in [0, 0.05) is 0 Å². The Morgan fingerprint density at radius 1 is 1.22 bits per heavy atom. The summed E-state index contributed by atoms with van der Waals surface area (Å²) in [5, 5.41) is 11.4. The van der Waals surface area contributed by atoms with Gasteiger partial charge in [-0.15, -0.1) is 0 Å². The van der Waals surface area contributed by atoms with E-state index in [0.29, 0.717) is 17.3 Å². The molecule has 1 aromatic carbocycles. The number of benzene rings is 1. The SMILES string of the molecule is CC(C)(C)C1CCC2ON=C(C(=O)Nc3cnn(-c4ccccc4)c3)C2C1. The molecule has 6 nitrogen and oxygen atoms in total. The van der Waals surface area contributed by atoms with Crippen LogP contribution in [-0.4, -0.2) is 27.5 Å². The molecule has 27 heavy (non-hydrogen) atoms. The van der Waals surface area contributed by atoms with Gasteiger partial charge < -0.3 is 10.2 Å². The molecule has 1 saturated carbocycles. The highest BCUT2D eigenvalue weighted by atomic mass is 16.6. The van der Waals surface area contributed by atoms with Crippen LogP contribution in [0.4, 0.5) is 5.69 Å². The number of hydrogen-bond donors (Lipinski definition) is 1. The van der Waals surface area contributed by atoms with Crippen molar-refractivity contribution in [3.05, 3.63) is 42.7 Å². The molecule has 2 aromatic rings. The maximum Gasteiger partial charge on any atom is 0.273 e. The second-order valence-electron chi connectivity index (χ2n) is 8.57. The fraction of sp³-hybridized carbons (Fsp3) is 0.476. The van der Waals surface area contributed by atoms with Crippen LogP contribution >= 0.6 is 0 Å². The summed E-state index contributed by atoms with van der Waals surface area (Å²) in [6.07, 6.45) is 6.52. The van der Waals surface area contributed by atoms with Gasteiger partial charge in [0.15, 0.2) is 5.71 Å². The molecule has 4 rings (SSSR count). The molecule has 142 valence electrons. The molecule has 1 aromatic heterocycles. The average Bonchev–Trinajstić information content (AvgIpc) is 3.28. The fourth-order valence-electron chi connectivity index (χ4n) is 4.05. The van der Waals surface area contributed by atoms with Gasteiger partial charge in [0.2, 0.25) is 0 Å². The number of para-hydroxylation sites is 1. The highest BCUT2D eigenvalue weighted by molar-refractivity contribution is 6.44. The molecule has 1 amide bonds. The zero-order chi connectivity index (χ0) is 19.0. The normalized spacial score (nSPS) is 24.7. The van der Waals surface area contributed by atoms with E-state index in [9.17, 15) is 4.79 Å². The maximum atomic E-state index is 12.8. The zero-order valence-corrected chi connectivity index (χ0v) is 16.1. The van der Waals surface area contributed by atoms with Gasteiger partial charge in [-0.3, -0.25) is 4.79 Å². The van der Waals surface area contributed by atoms with E-state index in [2.05, 4.69) is 36.3 Å². The van der Waals surface area contributed by atoms with Gasteiger partial charge >= 0.3 is 0 Å². The zero-order valence-electron chi connectivity index (χ0n) is 16.1. The lowest BCUT2D eigenvalue weighted by atomic mass is 9.67. The third-order valence-electron chi connectivity index (χ3n) is 5.74. The fourth-order valence-corrected chi connectivity index (χ4v) is 4.05. The first kappa shape index (κ1) is 17.8. The van der Waals surface area contributed by atoms with E-state index in [4.69, 9.17) is 4.84 Å². The van der Waals surface area contributed by atoms with Gasteiger partial charge in [-0.2, -0.15) is 5.10 Å². The van der Waals surface area contributed by atoms with E-state index >= 15 is 0 Å². The molecule has 3 atom stereocenters. The predicted octanol–water partition coefficient (Wildman–Crippen LogP) is 4.03. The van der Waals surface area contributed by atoms with Crippen molar-refractivity contribution in [2.75, 3.05) is 5.32 Å². The van der Waals surface area contributed by atoms with Crippen molar-refractivity contribution in [3.8, 4) is 5.69 Å². The highest BCUT2D eigenvalue weighted by Gasteiger charge is 2.44. The smallest absolute Gasteiger partial charge is 0.273 e. The van der Waals surface area contributed by atoms with Gasteiger partial charge in [0.1, 0.15) is 6.10 Å². The lowest BCUT2D eigenvalue weighted by Crippen LogP contribution is -2.39. The average molecular weight is 366 g/mol. The van der Waals surface area contributed by atoms with Gasteiger partial charge in [0.05, 0.1) is 29.7 Å². The summed E-state index contributed by atoms with van der Waals surface area (Å²) in [5.41, 5.74) is 2.34.